The molecule has 0 bridgehead atoms. The summed E-state index contributed by atoms with van der Waals surface area (Å²) in [6.07, 6.45) is 2.74. The second kappa shape index (κ2) is 7.74. The molecule has 25 heavy (non-hydrogen) atoms. The van der Waals surface area contributed by atoms with Crippen LogP contribution in [0.2, 0.25) is 0 Å². The highest BCUT2D eigenvalue weighted by molar-refractivity contribution is 9.10. The number of ketones is 1. The van der Waals surface area contributed by atoms with Gasteiger partial charge in [0.2, 0.25) is 0 Å². The molecule has 1 heterocycles. The summed E-state index contributed by atoms with van der Waals surface area (Å²) in [6, 6.07) is 11.1. The van der Waals surface area contributed by atoms with E-state index in [9.17, 15) is 4.79 Å². The van der Waals surface area contributed by atoms with Crippen LogP contribution in [0.3, 0.4) is 0 Å². The van der Waals surface area contributed by atoms with Gasteiger partial charge in [-0.3, -0.25) is 4.79 Å². The second-order valence-electron chi connectivity index (χ2n) is 5.67. The van der Waals surface area contributed by atoms with Gasteiger partial charge >= 0.3 is 0 Å². The van der Waals surface area contributed by atoms with Gasteiger partial charge in [-0.25, -0.2) is 0 Å². The highest BCUT2D eigenvalue weighted by atomic mass is 79.9. The highest BCUT2D eigenvalue weighted by Crippen LogP contribution is 2.38. The van der Waals surface area contributed by atoms with Crippen molar-refractivity contribution in [1.29, 1.82) is 0 Å². The normalized spacial score (nSPS) is 14.8. The molecule has 0 saturated carbocycles. The predicted molar refractivity (Wildman–Crippen MR) is 101 cm³/mol. The maximum atomic E-state index is 12.7. The first-order valence-electron chi connectivity index (χ1n) is 8.11. The standard InChI is InChI=1S/C20H19BrO4/c1-3-8-24-20-16(21)10-13(11-18(20)23-2)9-14-12-25-17-7-5-4-6-15(17)19(14)22/h4-7,9-11H,3,8,12H2,1-2H3/b14-9-. The van der Waals surface area contributed by atoms with Crippen LogP contribution in [0.1, 0.15) is 29.3 Å². The molecule has 0 aromatic heterocycles. The van der Waals surface area contributed by atoms with Crippen LogP contribution in [-0.4, -0.2) is 26.1 Å². The zero-order valence-electron chi connectivity index (χ0n) is 14.2. The van der Waals surface area contributed by atoms with Crippen molar-refractivity contribution in [3.63, 3.8) is 0 Å². The summed E-state index contributed by atoms with van der Waals surface area (Å²) in [4.78, 5) is 12.7. The first-order chi connectivity index (χ1) is 12.1. The Kier molecular flexibility index (Phi) is 5.43. The van der Waals surface area contributed by atoms with E-state index in [1.54, 1.807) is 13.2 Å². The minimum Gasteiger partial charge on any atom is -0.493 e. The molecule has 2 aromatic carbocycles. The lowest BCUT2D eigenvalue weighted by molar-refractivity contribution is 0.100. The number of halogens is 1. The zero-order chi connectivity index (χ0) is 17.8. The van der Waals surface area contributed by atoms with E-state index in [4.69, 9.17) is 14.2 Å². The van der Waals surface area contributed by atoms with E-state index >= 15 is 0 Å². The van der Waals surface area contributed by atoms with Crippen LogP contribution in [0.25, 0.3) is 6.08 Å². The van der Waals surface area contributed by atoms with E-state index in [-0.39, 0.29) is 12.4 Å². The first kappa shape index (κ1) is 17.5. The summed E-state index contributed by atoms with van der Waals surface area (Å²) in [6.45, 7) is 2.91. The van der Waals surface area contributed by atoms with E-state index < -0.39 is 0 Å². The van der Waals surface area contributed by atoms with Crippen molar-refractivity contribution in [2.75, 3.05) is 20.3 Å². The summed E-state index contributed by atoms with van der Waals surface area (Å²) in [5.41, 5.74) is 2.04. The van der Waals surface area contributed by atoms with E-state index in [1.807, 2.05) is 43.3 Å². The van der Waals surface area contributed by atoms with E-state index in [1.165, 1.54) is 0 Å². The molecule has 0 saturated heterocycles. The molecular formula is C20H19BrO4. The average Bonchev–Trinajstić information content (AvgIpc) is 2.63. The second-order valence-corrected chi connectivity index (χ2v) is 6.52. The number of carbonyl (C=O) groups is 1. The van der Waals surface area contributed by atoms with Crippen LogP contribution < -0.4 is 14.2 Å². The van der Waals surface area contributed by atoms with Gasteiger partial charge in [-0.15, -0.1) is 0 Å². The van der Waals surface area contributed by atoms with E-state index in [0.29, 0.717) is 35.0 Å². The number of carbonyl (C=O) groups excluding carboxylic acids is 1. The van der Waals surface area contributed by atoms with Gasteiger partial charge in [-0.05, 0) is 58.3 Å². The third kappa shape index (κ3) is 3.71. The Morgan fingerprint density at radius 3 is 2.84 bits per heavy atom. The Morgan fingerprint density at radius 1 is 1.28 bits per heavy atom. The molecule has 130 valence electrons. The van der Waals surface area contributed by atoms with Gasteiger partial charge in [0.05, 0.1) is 23.8 Å². The molecule has 0 unspecified atom stereocenters. The minimum absolute atomic E-state index is 0.0109. The fourth-order valence-corrected chi connectivity index (χ4v) is 3.22. The molecular weight excluding hydrogens is 384 g/mol. The number of hydrogen-bond acceptors (Lipinski definition) is 4. The molecule has 1 aliphatic heterocycles. The van der Waals surface area contributed by atoms with Crippen molar-refractivity contribution in [2.24, 2.45) is 0 Å². The minimum atomic E-state index is -0.0109. The third-order valence-electron chi connectivity index (χ3n) is 3.85. The van der Waals surface area contributed by atoms with Crippen molar-refractivity contribution < 1.29 is 19.0 Å². The Labute approximate surface area is 155 Å². The third-order valence-corrected chi connectivity index (χ3v) is 4.44. The van der Waals surface area contributed by atoms with Gasteiger partial charge in [0, 0.05) is 5.57 Å². The number of methoxy groups -OCH3 is 1. The molecule has 4 nitrogen and oxygen atoms in total. The predicted octanol–water partition coefficient (Wildman–Crippen LogP) is 4.91. The van der Waals surface area contributed by atoms with Crippen LogP contribution in [0.15, 0.2) is 46.4 Å². The van der Waals surface area contributed by atoms with Crippen LogP contribution in [0, 0.1) is 0 Å². The summed E-state index contributed by atoms with van der Waals surface area (Å²) in [7, 11) is 1.60. The zero-order valence-corrected chi connectivity index (χ0v) is 15.8. The SMILES string of the molecule is CCCOc1c(Br)cc(/C=C2/COc3ccccc3C2=O)cc1OC. The monoisotopic (exact) mass is 402 g/mol. The summed E-state index contributed by atoms with van der Waals surface area (Å²) in [5, 5.41) is 0. The van der Waals surface area contributed by atoms with Gasteiger partial charge in [-0.1, -0.05) is 19.1 Å². The fraction of sp³-hybridized carbons (Fsp3) is 0.250. The van der Waals surface area contributed by atoms with Gasteiger partial charge in [-0.2, -0.15) is 0 Å². The van der Waals surface area contributed by atoms with Crippen molar-refractivity contribution in [2.45, 2.75) is 13.3 Å². The number of rotatable bonds is 5. The molecule has 5 heteroatoms. The molecule has 0 amide bonds. The number of benzene rings is 2. The van der Waals surface area contributed by atoms with Gasteiger partial charge < -0.3 is 14.2 Å². The topological polar surface area (TPSA) is 44.8 Å². The quantitative estimate of drug-likeness (QED) is 0.666. The largest absolute Gasteiger partial charge is 0.493 e. The number of para-hydroxylation sites is 1. The summed E-state index contributed by atoms with van der Waals surface area (Å²) in [5.74, 6) is 1.91. The number of ether oxygens (including phenoxy) is 3. The van der Waals surface area contributed by atoms with Gasteiger partial charge in [0.15, 0.2) is 17.3 Å². The van der Waals surface area contributed by atoms with Crippen molar-refractivity contribution in [3.8, 4) is 17.2 Å². The number of hydrogen-bond donors (Lipinski definition) is 0. The number of Topliss-reactive ketones (excluding diaryl/α,β-unsaturated/α-hetero) is 1. The van der Waals surface area contributed by atoms with E-state index in [0.717, 1.165) is 16.5 Å². The highest BCUT2D eigenvalue weighted by Gasteiger charge is 2.23. The van der Waals surface area contributed by atoms with Crippen LogP contribution >= 0.6 is 15.9 Å². The van der Waals surface area contributed by atoms with Crippen LogP contribution in [0.5, 0.6) is 17.2 Å². The van der Waals surface area contributed by atoms with Gasteiger partial charge in [0.1, 0.15) is 12.4 Å². The molecule has 2 aromatic rings. The molecule has 0 N–H and O–H groups in total. The van der Waals surface area contributed by atoms with Crippen LogP contribution in [-0.2, 0) is 0 Å². The smallest absolute Gasteiger partial charge is 0.196 e. The first-order valence-corrected chi connectivity index (χ1v) is 8.90. The molecule has 0 aliphatic carbocycles. The van der Waals surface area contributed by atoms with Crippen molar-refractivity contribution in [3.05, 3.63) is 57.6 Å². The lowest BCUT2D eigenvalue weighted by Crippen LogP contribution is -2.18. The maximum absolute atomic E-state index is 12.7. The lowest BCUT2D eigenvalue weighted by Gasteiger charge is -2.19. The Hall–Kier alpha value is -2.27. The maximum Gasteiger partial charge on any atom is 0.196 e. The molecule has 0 atom stereocenters. The Bertz CT molecular complexity index is 826. The molecule has 3 rings (SSSR count). The molecule has 0 fully saturated rings. The van der Waals surface area contributed by atoms with Crippen molar-refractivity contribution >= 4 is 27.8 Å². The van der Waals surface area contributed by atoms with Crippen LogP contribution in [0.4, 0.5) is 0 Å². The average molecular weight is 403 g/mol. The molecule has 0 radical (unpaired) electrons. The van der Waals surface area contributed by atoms with E-state index in [2.05, 4.69) is 15.9 Å². The fourth-order valence-electron chi connectivity index (χ4n) is 2.65. The Balaban J connectivity index is 1.94. The lowest BCUT2D eigenvalue weighted by atomic mass is 9.98. The Morgan fingerprint density at radius 2 is 2.08 bits per heavy atom. The summed E-state index contributed by atoms with van der Waals surface area (Å²) >= 11 is 3.52. The molecule has 0 spiro atoms. The molecule has 1 aliphatic rings. The van der Waals surface area contributed by atoms with Gasteiger partial charge in [0.25, 0.3) is 0 Å². The number of fused-ring (bicyclic) bond motifs is 1. The van der Waals surface area contributed by atoms with Crippen molar-refractivity contribution in [1.82, 2.24) is 0 Å². The summed E-state index contributed by atoms with van der Waals surface area (Å²) < 4.78 is 17.6.